The Morgan fingerprint density at radius 2 is 1.91 bits per heavy atom. The third kappa shape index (κ3) is 4.33. The van der Waals surface area contributed by atoms with Gasteiger partial charge < -0.3 is 20.5 Å². The van der Waals surface area contributed by atoms with Gasteiger partial charge in [0.15, 0.2) is 0 Å². The minimum Gasteiger partial charge on any atom is -0.405 e. The smallest absolute Gasteiger partial charge is 0.383 e. The number of nitrogens with two attached hydrogens (primary N) is 1. The van der Waals surface area contributed by atoms with Crippen LogP contribution in [-0.2, 0) is 32.2 Å². The number of carbonyl (C=O) groups excluding carboxylic acids is 3. The van der Waals surface area contributed by atoms with Crippen molar-refractivity contribution >= 4 is 23.6 Å². The summed E-state index contributed by atoms with van der Waals surface area (Å²) in [6, 6.07) is 12.0. The second kappa shape index (κ2) is 9.19. The van der Waals surface area contributed by atoms with E-state index in [1.807, 2.05) is 13.0 Å². The molecule has 2 amide bonds. The molecule has 0 unspecified atom stereocenters. The lowest BCUT2D eigenvalue weighted by molar-refractivity contribution is -0.272. The first-order chi connectivity index (χ1) is 15.2. The molecule has 3 rings (SSSR count). The molecule has 9 heteroatoms. The number of fused-ring (bicyclic) bond motifs is 1. The molecule has 2 aromatic rings. The van der Waals surface area contributed by atoms with E-state index in [0.717, 1.165) is 28.5 Å². The summed E-state index contributed by atoms with van der Waals surface area (Å²) < 4.78 is 11.1. The van der Waals surface area contributed by atoms with Crippen LogP contribution in [0.25, 0.3) is 0 Å². The number of nitrogens with zero attached hydrogens (tertiary/aromatic N) is 1. The highest BCUT2D eigenvalue weighted by molar-refractivity contribution is 6.02. The van der Waals surface area contributed by atoms with Crippen molar-refractivity contribution in [2.45, 2.75) is 39.8 Å². The van der Waals surface area contributed by atoms with Gasteiger partial charge in [-0.2, -0.15) is 0 Å². The minimum absolute atomic E-state index is 0.0209. The Morgan fingerprint density at radius 1 is 1.22 bits per heavy atom. The maximum absolute atomic E-state index is 13.3. The topological polar surface area (TPSA) is 135 Å². The summed E-state index contributed by atoms with van der Waals surface area (Å²) >= 11 is 0. The van der Waals surface area contributed by atoms with Crippen molar-refractivity contribution in [3.8, 4) is 0 Å². The summed E-state index contributed by atoms with van der Waals surface area (Å²) in [6.07, 6.45) is 0. The Balaban J connectivity index is 1.90. The minimum atomic E-state index is -2.25. The van der Waals surface area contributed by atoms with Crippen LogP contribution in [0.4, 0.5) is 0 Å². The molecule has 1 aliphatic rings. The summed E-state index contributed by atoms with van der Waals surface area (Å²) in [6.45, 7) is 4.84. The Hall–Kier alpha value is -3.72. The number of carbonyl (C=O) groups is 3. The van der Waals surface area contributed by atoms with Gasteiger partial charge in [-0.3, -0.25) is 24.7 Å². The van der Waals surface area contributed by atoms with Gasteiger partial charge in [0, 0.05) is 24.6 Å². The van der Waals surface area contributed by atoms with Crippen LogP contribution in [-0.4, -0.2) is 41.0 Å². The van der Waals surface area contributed by atoms with E-state index in [9.17, 15) is 14.4 Å². The number of rotatable bonds is 8. The van der Waals surface area contributed by atoms with Crippen LogP contribution in [0.2, 0.25) is 0 Å². The fraction of sp³-hybridized carbons (Fsp3) is 0.304. The number of benzene rings is 2. The normalized spacial score (nSPS) is 14.5. The standard InChI is InChI=1S/C23H26N4O5/c1-4-31-23(32-15(3)28,27-13-19-14(2)6-5-7-18(19)21(27)29)22(30)26-12-16-8-10-17(11-9-16)20(24)25/h5-11H,4,12-13H2,1-3H3,(H3,24,25)(H,26,30)/t23-/m0/s1. The number of amides is 2. The number of hydrogen-bond acceptors (Lipinski definition) is 6. The van der Waals surface area contributed by atoms with E-state index >= 15 is 0 Å². The molecule has 0 aliphatic carbocycles. The molecule has 4 N–H and O–H groups in total. The van der Waals surface area contributed by atoms with Crippen LogP contribution in [0, 0.1) is 12.3 Å². The molecule has 1 atom stereocenters. The Bertz CT molecular complexity index is 1070. The van der Waals surface area contributed by atoms with Gasteiger partial charge in [0.25, 0.3) is 5.91 Å². The highest BCUT2D eigenvalue weighted by Gasteiger charge is 2.54. The average molecular weight is 438 g/mol. The number of aryl methyl sites for hydroxylation is 1. The highest BCUT2D eigenvalue weighted by Crippen LogP contribution is 2.33. The molecule has 0 saturated carbocycles. The van der Waals surface area contributed by atoms with Crippen LogP contribution in [0.15, 0.2) is 42.5 Å². The zero-order chi connectivity index (χ0) is 23.5. The van der Waals surface area contributed by atoms with E-state index < -0.39 is 23.7 Å². The molecule has 168 valence electrons. The number of hydrogen-bond donors (Lipinski definition) is 3. The Labute approximate surface area is 186 Å². The maximum atomic E-state index is 13.3. The van der Waals surface area contributed by atoms with E-state index in [1.54, 1.807) is 43.3 Å². The van der Waals surface area contributed by atoms with Crippen molar-refractivity contribution in [2.75, 3.05) is 6.61 Å². The molecule has 2 aromatic carbocycles. The van der Waals surface area contributed by atoms with Gasteiger partial charge in [0.2, 0.25) is 0 Å². The monoisotopic (exact) mass is 438 g/mol. The fourth-order valence-electron chi connectivity index (χ4n) is 3.61. The van der Waals surface area contributed by atoms with Gasteiger partial charge in [-0.25, -0.2) is 0 Å². The zero-order valence-electron chi connectivity index (χ0n) is 18.2. The van der Waals surface area contributed by atoms with E-state index in [0.29, 0.717) is 11.1 Å². The van der Waals surface area contributed by atoms with Crippen molar-refractivity contribution in [3.05, 3.63) is 70.3 Å². The zero-order valence-corrected chi connectivity index (χ0v) is 18.2. The van der Waals surface area contributed by atoms with Crippen LogP contribution in [0.1, 0.15) is 46.5 Å². The summed E-state index contributed by atoms with van der Waals surface area (Å²) in [5, 5.41) is 10.2. The first kappa shape index (κ1) is 23.0. The maximum Gasteiger partial charge on any atom is 0.383 e. The molecular formula is C23H26N4O5. The Kier molecular flexibility index (Phi) is 6.59. The van der Waals surface area contributed by atoms with Gasteiger partial charge >= 0.3 is 17.8 Å². The second-order valence-corrected chi connectivity index (χ2v) is 7.39. The van der Waals surface area contributed by atoms with Crippen molar-refractivity contribution in [3.63, 3.8) is 0 Å². The predicted molar refractivity (Wildman–Crippen MR) is 116 cm³/mol. The van der Waals surface area contributed by atoms with Crippen LogP contribution >= 0.6 is 0 Å². The van der Waals surface area contributed by atoms with E-state index in [2.05, 4.69) is 5.32 Å². The SMILES string of the molecule is CCO[C@](OC(C)=O)(C(=O)NCc1ccc(C(=N)N)cc1)N1Cc2c(C)cccc2C1=O. The van der Waals surface area contributed by atoms with Crippen LogP contribution in [0.3, 0.4) is 0 Å². The summed E-state index contributed by atoms with van der Waals surface area (Å²) in [5.74, 6) is -4.31. The summed E-state index contributed by atoms with van der Waals surface area (Å²) in [7, 11) is 0. The number of ether oxygens (including phenoxy) is 2. The predicted octanol–water partition coefficient (Wildman–Crippen LogP) is 1.80. The molecule has 0 bridgehead atoms. The molecule has 32 heavy (non-hydrogen) atoms. The summed E-state index contributed by atoms with van der Waals surface area (Å²) in [4.78, 5) is 39.6. The van der Waals surface area contributed by atoms with Crippen molar-refractivity contribution < 1.29 is 23.9 Å². The van der Waals surface area contributed by atoms with Gasteiger partial charge in [0.1, 0.15) is 5.84 Å². The molecule has 0 radical (unpaired) electrons. The molecule has 1 heterocycles. The lowest BCUT2D eigenvalue weighted by Gasteiger charge is -2.37. The summed E-state index contributed by atoms with van der Waals surface area (Å²) in [5.41, 5.74) is 8.82. The quantitative estimate of drug-likeness (QED) is 0.249. The number of esters is 1. The van der Waals surface area contributed by atoms with Crippen LogP contribution in [0.5, 0.6) is 0 Å². The third-order valence-electron chi connectivity index (χ3n) is 5.18. The average Bonchev–Trinajstić information content (AvgIpc) is 3.10. The molecular weight excluding hydrogens is 412 g/mol. The largest absolute Gasteiger partial charge is 0.405 e. The molecule has 0 saturated heterocycles. The lowest BCUT2D eigenvalue weighted by Crippen LogP contribution is -2.63. The van der Waals surface area contributed by atoms with Crippen molar-refractivity contribution in [2.24, 2.45) is 5.73 Å². The fourth-order valence-corrected chi connectivity index (χ4v) is 3.61. The molecule has 1 aliphatic heterocycles. The molecule has 0 spiro atoms. The van der Waals surface area contributed by atoms with Crippen molar-refractivity contribution in [1.29, 1.82) is 5.41 Å². The highest BCUT2D eigenvalue weighted by atomic mass is 16.7. The van der Waals surface area contributed by atoms with Gasteiger partial charge in [0.05, 0.1) is 13.2 Å². The van der Waals surface area contributed by atoms with E-state index in [4.69, 9.17) is 20.6 Å². The van der Waals surface area contributed by atoms with Crippen molar-refractivity contribution in [1.82, 2.24) is 10.2 Å². The first-order valence-electron chi connectivity index (χ1n) is 10.1. The van der Waals surface area contributed by atoms with Crippen LogP contribution < -0.4 is 11.1 Å². The number of amidine groups is 1. The van der Waals surface area contributed by atoms with Gasteiger partial charge in [-0.05, 0) is 36.6 Å². The Morgan fingerprint density at radius 3 is 2.47 bits per heavy atom. The second-order valence-electron chi connectivity index (χ2n) is 7.39. The molecule has 0 fully saturated rings. The van der Waals surface area contributed by atoms with E-state index in [-0.39, 0.29) is 25.5 Å². The third-order valence-corrected chi connectivity index (χ3v) is 5.18. The lowest BCUT2D eigenvalue weighted by atomic mass is 10.1. The first-order valence-corrected chi connectivity index (χ1v) is 10.1. The number of nitrogens with one attached hydrogen (secondary N) is 2. The molecule has 0 aromatic heterocycles. The van der Waals surface area contributed by atoms with E-state index in [1.165, 1.54) is 0 Å². The molecule has 9 nitrogen and oxygen atoms in total. The number of nitrogen functional groups attached to an aromatic ring is 1. The van der Waals surface area contributed by atoms with Gasteiger partial charge in [-0.1, -0.05) is 36.4 Å². The van der Waals surface area contributed by atoms with Gasteiger partial charge in [-0.15, -0.1) is 0 Å².